The van der Waals surface area contributed by atoms with E-state index in [9.17, 15) is 0 Å². The number of anilines is 1. The van der Waals surface area contributed by atoms with E-state index >= 15 is 0 Å². The Bertz CT molecular complexity index is 760. The summed E-state index contributed by atoms with van der Waals surface area (Å²) in [5, 5.41) is 2.35. The number of fused-ring (bicyclic) bond motifs is 1. The number of hydrogen-bond acceptors (Lipinski definition) is 8. The summed E-state index contributed by atoms with van der Waals surface area (Å²) in [5.74, 6) is 6.63. The molecule has 8 heteroatoms. The Morgan fingerprint density at radius 2 is 2.05 bits per heavy atom. The topological polar surface area (TPSA) is 89.9 Å². The monoisotopic (exact) mass is 307 g/mol. The minimum absolute atomic E-state index is 0.391. The lowest BCUT2D eigenvalue weighted by Crippen LogP contribution is -2.10. The van der Waals surface area contributed by atoms with Crippen molar-refractivity contribution in [3.63, 3.8) is 0 Å². The number of thiophene rings is 1. The molecule has 0 radical (unpaired) electrons. The number of nitrogen functional groups attached to an aromatic ring is 1. The Morgan fingerprint density at radius 3 is 2.70 bits per heavy atom. The van der Waals surface area contributed by atoms with Crippen molar-refractivity contribution in [1.29, 1.82) is 0 Å². The van der Waals surface area contributed by atoms with E-state index in [0.717, 1.165) is 26.7 Å². The van der Waals surface area contributed by atoms with Gasteiger partial charge in [-0.1, -0.05) is 0 Å². The minimum atomic E-state index is 0.391. The number of nitrogens with two attached hydrogens (primary N) is 1. The van der Waals surface area contributed by atoms with Gasteiger partial charge in [0.15, 0.2) is 0 Å². The molecule has 20 heavy (non-hydrogen) atoms. The van der Waals surface area contributed by atoms with Gasteiger partial charge in [-0.25, -0.2) is 20.8 Å². The van der Waals surface area contributed by atoms with Crippen molar-refractivity contribution in [3.8, 4) is 0 Å². The van der Waals surface area contributed by atoms with Crippen molar-refractivity contribution in [2.75, 3.05) is 5.43 Å². The van der Waals surface area contributed by atoms with Gasteiger partial charge in [-0.15, -0.1) is 11.3 Å². The Balaban J connectivity index is 2.09. The van der Waals surface area contributed by atoms with Crippen LogP contribution in [0.15, 0.2) is 20.7 Å². The predicted octanol–water partition coefficient (Wildman–Crippen LogP) is 3.04. The van der Waals surface area contributed by atoms with E-state index in [1.807, 2.05) is 20.8 Å². The molecular formula is C12H13N5OS2. The van der Waals surface area contributed by atoms with Gasteiger partial charge in [-0.3, -0.25) is 5.43 Å². The summed E-state index contributed by atoms with van der Waals surface area (Å²) < 4.78 is 5.59. The Morgan fingerprint density at radius 1 is 1.25 bits per heavy atom. The summed E-state index contributed by atoms with van der Waals surface area (Å²) in [4.78, 5) is 15.2. The molecular weight excluding hydrogens is 294 g/mol. The largest absolute Gasteiger partial charge is 0.436 e. The molecule has 3 heterocycles. The summed E-state index contributed by atoms with van der Waals surface area (Å²) >= 11 is 2.98. The summed E-state index contributed by atoms with van der Waals surface area (Å²) in [6.45, 7) is 5.85. The van der Waals surface area contributed by atoms with Crippen LogP contribution in [-0.2, 0) is 0 Å². The van der Waals surface area contributed by atoms with Gasteiger partial charge in [0.25, 0.3) is 5.22 Å². The zero-order chi connectivity index (χ0) is 14.3. The summed E-state index contributed by atoms with van der Waals surface area (Å²) in [5.41, 5.74) is 3.38. The highest BCUT2D eigenvalue weighted by Gasteiger charge is 2.15. The number of nitrogens with one attached hydrogen (secondary N) is 1. The van der Waals surface area contributed by atoms with Crippen molar-refractivity contribution in [1.82, 2.24) is 15.0 Å². The summed E-state index contributed by atoms with van der Waals surface area (Å²) in [6, 6.07) is 2.06. The van der Waals surface area contributed by atoms with Gasteiger partial charge in [0.2, 0.25) is 5.95 Å². The summed E-state index contributed by atoms with van der Waals surface area (Å²) in [6.07, 6.45) is 0. The number of aryl methyl sites for hydroxylation is 3. The Kier molecular flexibility index (Phi) is 3.36. The number of oxazole rings is 1. The van der Waals surface area contributed by atoms with Gasteiger partial charge < -0.3 is 4.42 Å². The third-order valence-electron chi connectivity index (χ3n) is 2.80. The second-order valence-corrected chi connectivity index (χ2v) is 6.47. The SMILES string of the molecule is Cc1cc2c(Sc3nc(C)c(C)o3)nc(NN)nc2s1. The van der Waals surface area contributed by atoms with Gasteiger partial charge in [-0.05, 0) is 38.6 Å². The van der Waals surface area contributed by atoms with E-state index < -0.39 is 0 Å². The molecule has 3 aromatic heterocycles. The van der Waals surface area contributed by atoms with E-state index in [1.54, 1.807) is 11.3 Å². The first-order chi connectivity index (χ1) is 9.56. The maximum Gasteiger partial charge on any atom is 0.262 e. The van der Waals surface area contributed by atoms with Crippen molar-refractivity contribution in [2.24, 2.45) is 5.84 Å². The van der Waals surface area contributed by atoms with E-state index in [-0.39, 0.29) is 0 Å². The maximum atomic E-state index is 5.59. The highest BCUT2D eigenvalue weighted by Crippen LogP contribution is 2.35. The van der Waals surface area contributed by atoms with Crippen molar-refractivity contribution < 1.29 is 4.42 Å². The third kappa shape index (κ3) is 2.37. The van der Waals surface area contributed by atoms with Gasteiger partial charge in [-0.2, -0.15) is 0 Å². The average Bonchev–Trinajstić information content (AvgIpc) is 2.92. The van der Waals surface area contributed by atoms with Gasteiger partial charge in [0, 0.05) is 10.3 Å². The van der Waals surface area contributed by atoms with Crippen LogP contribution in [0, 0.1) is 20.8 Å². The van der Waals surface area contributed by atoms with Crippen LogP contribution in [0.1, 0.15) is 16.3 Å². The molecule has 3 rings (SSSR count). The van der Waals surface area contributed by atoms with E-state index in [4.69, 9.17) is 10.3 Å². The zero-order valence-corrected chi connectivity index (χ0v) is 12.9. The molecule has 0 amide bonds. The molecule has 0 aromatic carbocycles. The average molecular weight is 307 g/mol. The fourth-order valence-electron chi connectivity index (χ4n) is 1.73. The predicted molar refractivity (Wildman–Crippen MR) is 80.1 cm³/mol. The zero-order valence-electron chi connectivity index (χ0n) is 11.2. The third-order valence-corrected chi connectivity index (χ3v) is 4.60. The van der Waals surface area contributed by atoms with Crippen LogP contribution in [-0.4, -0.2) is 15.0 Å². The first-order valence-electron chi connectivity index (χ1n) is 5.93. The molecule has 3 aromatic rings. The molecule has 0 aliphatic rings. The van der Waals surface area contributed by atoms with Crippen LogP contribution in [0.2, 0.25) is 0 Å². The maximum absolute atomic E-state index is 5.59. The smallest absolute Gasteiger partial charge is 0.262 e. The lowest BCUT2D eigenvalue weighted by Gasteiger charge is -2.02. The number of hydrazine groups is 1. The van der Waals surface area contributed by atoms with Crippen molar-refractivity contribution >= 4 is 39.3 Å². The lowest BCUT2D eigenvalue weighted by molar-refractivity contribution is 0.431. The molecule has 0 atom stereocenters. The molecule has 0 spiro atoms. The van der Waals surface area contributed by atoms with Crippen molar-refractivity contribution in [2.45, 2.75) is 31.0 Å². The van der Waals surface area contributed by atoms with Crippen LogP contribution in [0.5, 0.6) is 0 Å². The second kappa shape index (κ2) is 5.04. The highest BCUT2D eigenvalue weighted by molar-refractivity contribution is 7.99. The number of hydrogen-bond donors (Lipinski definition) is 2. The molecule has 3 N–H and O–H groups in total. The van der Waals surface area contributed by atoms with Crippen LogP contribution >= 0.6 is 23.1 Å². The standard InChI is InChI=1S/C12H13N5OS2/c1-5-4-8-9(19-5)15-11(17-13)16-10(8)20-12-14-6(2)7(3)18-12/h4H,13H2,1-3H3,(H,15,16,17). The number of aromatic nitrogens is 3. The molecule has 0 bridgehead atoms. The van der Waals surface area contributed by atoms with Crippen LogP contribution in [0.4, 0.5) is 5.95 Å². The second-order valence-electron chi connectivity index (χ2n) is 4.30. The van der Waals surface area contributed by atoms with Crippen LogP contribution in [0.3, 0.4) is 0 Å². The number of rotatable bonds is 3. The van der Waals surface area contributed by atoms with Crippen LogP contribution < -0.4 is 11.3 Å². The lowest BCUT2D eigenvalue weighted by atomic mass is 10.4. The van der Waals surface area contributed by atoms with Gasteiger partial charge in [0.1, 0.15) is 15.6 Å². The van der Waals surface area contributed by atoms with Gasteiger partial charge >= 0.3 is 0 Å². The summed E-state index contributed by atoms with van der Waals surface area (Å²) in [7, 11) is 0. The van der Waals surface area contributed by atoms with Gasteiger partial charge in [0.05, 0.1) is 5.69 Å². The first kappa shape index (κ1) is 13.3. The Labute approximate surface area is 123 Å². The normalized spacial score (nSPS) is 11.2. The quantitative estimate of drug-likeness (QED) is 0.436. The minimum Gasteiger partial charge on any atom is -0.436 e. The highest BCUT2D eigenvalue weighted by atomic mass is 32.2. The Hall–Kier alpha value is -1.64. The molecule has 104 valence electrons. The molecule has 0 fully saturated rings. The first-order valence-corrected chi connectivity index (χ1v) is 7.57. The number of nitrogens with zero attached hydrogens (tertiary/aromatic N) is 3. The van der Waals surface area contributed by atoms with Crippen LogP contribution in [0.25, 0.3) is 10.2 Å². The molecule has 0 aliphatic heterocycles. The molecule has 0 unspecified atom stereocenters. The van der Waals surface area contributed by atoms with Crippen molar-refractivity contribution in [3.05, 3.63) is 22.4 Å². The van der Waals surface area contributed by atoms with E-state index in [1.165, 1.54) is 16.6 Å². The molecule has 0 saturated carbocycles. The van der Waals surface area contributed by atoms with E-state index in [0.29, 0.717) is 11.2 Å². The molecule has 0 aliphatic carbocycles. The molecule has 6 nitrogen and oxygen atoms in total. The fourth-order valence-corrected chi connectivity index (χ4v) is 3.58. The fraction of sp³-hybridized carbons (Fsp3) is 0.250. The molecule has 0 saturated heterocycles. The van der Waals surface area contributed by atoms with E-state index in [2.05, 4.69) is 26.4 Å².